The first-order valence-electron chi connectivity index (χ1n) is 4.46. The van der Waals surface area contributed by atoms with Crippen molar-refractivity contribution in [2.75, 3.05) is 20.3 Å². The number of hydrogen-bond donors (Lipinski definition) is 0. The highest BCUT2D eigenvalue weighted by atomic mass is 19.4. The van der Waals surface area contributed by atoms with Crippen LogP contribution in [0.25, 0.3) is 0 Å². The van der Waals surface area contributed by atoms with Gasteiger partial charge in [0.05, 0.1) is 7.11 Å². The third-order valence-electron chi connectivity index (χ3n) is 1.62. The molecule has 0 aliphatic carbocycles. The molecule has 0 amide bonds. The minimum Gasteiger partial charge on any atom is -0.479 e. The summed E-state index contributed by atoms with van der Waals surface area (Å²) in [7, 11) is 1.28. The maximum atomic E-state index is 11.8. The van der Waals surface area contributed by atoms with Crippen molar-refractivity contribution in [3.05, 3.63) is 18.1 Å². The van der Waals surface area contributed by atoms with E-state index < -0.39 is 25.2 Å². The molecule has 0 radical (unpaired) electrons. The van der Waals surface area contributed by atoms with Crippen molar-refractivity contribution < 1.29 is 27.4 Å². The number of nitrogens with zero attached hydrogens (tertiary/aromatic N) is 2. The Morgan fingerprint density at radius 3 is 2.59 bits per heavy atom. The van der Waals surface area contributed by atoms with E-state index in [0.717, 1.165) is 0 Å². The van der Waals surface area contributed by atoms with Crippen LogP contribution in [0.3, 0.4) is 0 Å². The summed E-state index contributed by atoms with van der Waals surface area (Å²) in [5.74, 6) is -0.771. The smallest absolute Gasteiger partial charge is 0.411 e. The van der Waals surface area contributed by atoms with Gasteiger partial charge in [0.1, 0.15) is 13.2 Å². The van der Waals surface area contributed by atoms with Crippen LogP contribution >= 0.6 is 0 Å². The van der Waals surface area contributed by atoms with Crippen LogP contribution in [0.2, 0.25) is 0 Å². The first-order valence-corrected chi connectivity index (χ1v) is 4.46. The van der Waals surface area contributed by atoms with Crippen LogP contribution in [-0.4, -0.2) is 42.3 Å². The van der Waals surface area contributed by atoms with Gasteiger partial charge >= 0.3 is 6.18 Å². The van der Waals surface area contributed by atoms with Gasteiger partial charge in [0.25, 0.3) is 0 Å². The van der Waals surface area contributed by atoms with E-state index in [1.165, 1.54) is 19.5 Å². The normalized spacial score (nSPS) is 11.3. The second-order valence-electron chi connectivity index (χ2n) is 2.95. The lowest BCUT2D eigenvalue weighted by Gasteiger charge is -2.07. The standard InChI is InChI=1S/C9H9F3N2O3/c1-16-8-7(13-2-3-14-8)6(15)4-17-5-9(10,11)12/h2-3H,4-5H2,1H3. The van der Waals surface area contributed by atoms with Crippen molar-refractivity contribution in [2.24, 2.45) is 0 Å². The fraction of sp³-hybridized carbons (Fsp3) is 0.444. The molecule has 0 atom stereocenters. The molecule has 0 aliphatic rings. The van der Waals surface area contributed by atoms with E-state index in [4.69, 9.17) is 4.74 Å². The van der Waals surface area contributed by atoms with E-state index in [0.29, 0.717) is 0 Å². The SMILES string of the molecule is COc1nccnc1C(=O)COCC(F)(F)F. The lowest BCUT2D eigenvalue weighted by molar-refractivity contribution is -0.170. The van der Waals surface area contributed by atoms with Gasteiger partial charge in [0, 0.05) is 12.4 Å². The van der Waals surface area contributed by atoms with Crippen molar-refractivity contribution in [1.82, 2.24) is 9.97 Å². The number of Topliss-reactive ketones (excluding diaryl/α,β-unsaturated/α-hetero) is 1. The Morgan fingerprint density at radius 1 is 1.35 bits per heavy atom. The van der Waals surface area contributed by atoms with Gasteiger partial charge in [-0.25, -0.2) is 9.97 Å². The summed E-state index contributed by atoms with van der Waals surface area (Å²) in [5.41, 5.74) is -0.155. The van der Waals surface area contributed by atoms with Gasteiger partial charge in [-0.15, -0.1) is 0 Å². The zero-order chi connectivity index (χ0) is 12.9. The minimum absolute atomic E-state index is 0.0480. The molecule has 0 spiro atoms. The molecule has 8 heteroatoms. The van der Waals surface area contributed by atoms with E-state index in [-0.39, 0.29) is 11.6 Å². The number of ketones is 1. The first kappa shape index (κ1) is 13.4. The van der Waals surface area contributed by atoms with E-state index in [2.05, 4.69) is 14.7 Å². The number of rotatable bonds is 5. The first-order chi connectivity index (χ1) is 7.94. The molecular weight excluding hydrogens is 241 g/mol. The summed E-state index contributed by atoms with van der Waals surface area (Å²) >= 11 is 0. The van der Waals surface area contributed by atoms with Crippen molar-refractivity contribution in [1.29, 1.82) is 0 Å². The van der Waals surface area contributed by atoms with Crippen LogP contribution in [0.15, 0.2) is 12.4 Å². The number of aromatic nitrogens is 2. The van der Waals surface area contributed by atoms with Gasteiger partial charge in [-0.2, -0.15) is 13.2 Å². The Bertz CT molecular complexity index is 395. The molecule has 0 unspecified atom stereocenters. The molecule has 94 valence electrons. The van der Waals surface area contributed by atoms with Crippen LogP contribution in [0, 0.1) is 0 Å². The number of methoxy groups -OCH3 is 1. The number of carbonyl (C=O) groups is 1. The Kier molecular flexibility index (Phi) is 4.38. The fourth-order valence-electron chi connectivity index (χ4n) is 0.994. The fourth-order valence-corrected chi connectivity index (χ4v) is 0.994. The molecule has 0 saturated carbocycles. The largest absolute Gasteiger partial charge is 0.479 e. The molecule has 0 aromatic carbocycles. The lowest BCUT2D eigenvalue weighted by Crippen LogP contribution is -2.21. The summed E-state index contributed by atoms with van der Waals surface area (Å²) in [6, 6.07) is 0. The van der Waals surface area contributed by atoms with Gasteiger partial charge in [0.15, 0.2) is 5.69 Å². The Labute approximate surface area is 94.6 Å². The zero-order valence-corrected chi connectivity index (χ0v) is 8.82. The third kappa shape index (κ3) is 4.35. The van der Waals surface area contributed by atoms with Gasteiger partial charge in [-0.1, -0.05) is 0 Å². The molecule has 0 N–H and O–H groups in total. The summed E-state index contributed by atoms with van der Waals surface area (Å²) in [4.78, 5) is 18.8. The number of halogens is 3. The minimum atomic E-state index is -4.47. The van der Waals surface area contributed by atoms with Crippen LogP contribution in [0.1, 0.15) is 10.5 Å². The molecule has 5 nitrogen and oxygen atoms in total. The van der Waals surface area contributed by atoms with Crippen molar-refractivity contribution in [3.8, 4) is 5.88 Å². The van der Waals surface area contributed by atoms with Gasteiger partial charge in [-0.3, -0.25) is 4.79 Å². The number of hydrogen-bond acceptors (Lipinski definition) is 5. The molecule has 0 saturated heterocycles. The molecular formula is C9H9F3N2O3. The van der Waals surface area contributed by atoms with Crippen LogP contribution < -0.4 is 4.74 Å². The molecule has 17 heavy (non-hydrogen) atoms. The van der Waals surface area contributed by atoms with E-state index >= 15 is 0 Å². The van der Waals surface area contributed by atoms with Gasteiger partial charge in [-0.05, 0) is 0 Å². The molecule has 0 aliphatic heterocycles. The highest BCUT2D eigenvalue weighted by molar-refractivity contribution is 5.97. The number of carbonyl (C=O) groups excluding carboxylic acids is 1. The van der Waals surface area contributed by atoms with E-state index in [9.17, 15) is 18.0 Å². The van der Waals surface area contributed by atoms with Gasteiger partial charge < -0.3 is 9.47 Å². The summed E-state index contributed by atoms with van der Waals surface area (Å²) in [6.07, 6.45) is -1.93. The molecule has 1 rings (SSSR count). The molecule has 1 heterocycles. The molecule has 0 bridgehead atoms. The highest BCUT2D eigenvalue weighted by Gasteiger charge is 2.28. The predicted molar refractivity (Wildman–Crippen MR) is 49.8 cm³/mol. The van der Waals surface area contributed by atoms with Gasteiger partial charge in [0.2, 0.25) is 11.7 Å². The summed E-state index contributed by atoms with van der Waals surface area (Å²) in [5, 5.41) is 0. The maximum Gasteiger partial charge on any atom is 0.411 e. The van der Waals surface area contributed by atoms with Crippen LogP contribution in [-0.2, 0) is 4.74 Å². The van der Waals surface area contributed by atoms with E-state index in [1.54, 1.807) is 0 Å². The average Bonchev–Trinajstić information content (AvgIpc) is 2.27. The Morgan fingerprint density at radius 2 is 2.00 bits per heavy atom. The Hall–Kier alpha value is -1.70. The van der Waals surface area contributed by atoms with Crippen LogP contribution in [0.4, 0.5) is 13.2 Å². The molecule has 0 fully saturated rings. The zero-order valence-electron chi connectivity index (χ0n) is 8.82. The summed E-state index contributed by atoms with van der Waals surface area (Å²) in [6.45, 7) is -2.21. The highest BCUT2D eigenvalue weighted by Crippen LogP contribution is 2.15. The average molecular weight is 250 g/mol. The maximum absolute atomic E-state index is 11.8. The van der Waals surface area contributed by atoms with Crippen molar-refractivity contribution in [3.63, 3.8) is 0 Å². The quantitative estimate of drug-likeness (QED) is 0.736. The Balaban J connectivity index is 2.58. The number of alkyl halides is 3. The second kappa shape index (κ2) is 5.58. The molecule has 1 aromatic rings. The lowest BCUT2D eigenvalue weighted by atomic mass is 10.3. The topological polar surface area (TPSA) is 61.3 Å². The second-order valence-corrected chi connectivity index (χ2v) is 2.95. The van der Waals surface area contributed by atoms with Crippen molar-refractivity contribution >= 4 is 5.78 Å². The van der Waals surface area contributed by atoms with Crippen molar-refractivity contribution in [2.45, 2.75) is 6.18 Å². The molecule has 1 aromatic heterocycles. The third-order valence-corrected chi connectivity index (χ3v) is 1.62. The van der Waals surface area contributed by atoms with Crippen LogP contribution in [0.5, 0.6) is 5.88 Å². The van der Waals surface area contributed by atoms with E-state index in [1.807, 2.05) is 0 Å². The summed E-state index contributed by atoms with van der Waals surface area (Å²) < 4.78 is 44.3. The predicted octanol–water partition coefficient (Wildman–Crippen LogP) is 1.25. The number of ether oxygens (including phenoxy) is 2. The monoisotopic (exact) mass is 250 g/mol.